The summed E-state index contributed by atoms with van der Waals surface area (Å²) in [5.41, 5.74) is 8.84. The third-order valence-electron chi connectivity index (χ3n) is 2.19. The summed E-state index contributed by atoms with van der Waals surface area (Å²) in [6.07, 6.45) is 0. The van der Waals surface area contributed by atoms with Gasteiger partial charge in [0.15, 0.2) is 0 Å². The molecule has 0 spiro atoms. The molecule has 0 aliphatic heterocycles. The molecule has 0 saturated carbocycles. The third-order valence-corrected chi connectivity index (χ3v) is 3.15. The van der Waals surface area contributed by atoms with Crippen LogP contribution in [-0.2, 0) is 15.3 Å². The zero-order valence-electron chi connectivity index (χ0n) is 8.95. The molecule has 0 aliphatic carbocycles. The van der Waals surface area contributed by atoms with Crippen LogP contribution < -0.4 is 5.73 Å². The highest BCUT2D eigenvalue weighted by Crippen LogP contribution is 2.20. The Morgan fingerprint density at radius 3 is 2.93 bits per heavy atom. The molecule has 0 amide bonds. The number of rotatable bonds is 4. The van der Waals surface area contributed by atoms with E-state index in [1.807, 2.05) is 25.1 Å². The molecule has 0 fully saturated rings. The Kier molecular flexibility index (Phi) is 4.49. The highest BCUT2D eigenvalue weighted by molar-refractivity contribution is 7.99. The standard InChI is InChI=1S/C11H15NO2S/c1-8-9(4-3-5-10(8)12)6-15-7-11(13)14-2/h3-5H,6-7,12H2,1-2H3. The van der Waals surface area contributed by atoms with Crippen LogP contribution >= 0.6 is 11.8 Å². The van der Waals surface area contributed by atoms with Gasteiger partial charge in [-0.15, -0.1) is 11.8 Å². The number of esters is 1. The van der Waals surface area contributed by atoms with Gasteiger partial charge in [0.05, 0.1) is 12.9 Å². The minimum Gasteiger partial charge on any atom is -0.468 e. The number of thioether (sulfide) groups is 1. The molecule has 0 aromatic heterocycles. The lowest BCUT2D eigenvalue weighted by Gasteiger charge is -2.07. The predicted molar refractivity (Wildman–Crippen MR) is 63.8 cm³/mol. The van der Waals surface area contributed by atoms with Gasteiger partial charge < -0.3 is 10.5 Å². The van der Waals surface area contributed by atoms with Crippen molar-refractivity contribution in [3.05, 3.63) is 29.3 Å². The van der Waals surface area contributed by atoms with Crippen LogP contribution in [0.25, 0.3) is 0 Å². The van der Waals surface area contributed by atoms with E-state index in [1.165, 1.54) is 24.4 Å². The van der Waals surface area contributed by atoms with E-state index < -0.39 is 0 Å². The number of anilines is 1. The summed E-state index contributed by atoms with van der Waals surface area (Å²) in [5.74, 6) is 0.970. The lowest BCUT2D eigenvalue weighted by Crippen LogP contribution is -2.03. The van der Waals surface area contributed by atoms with Gasteiger partial charge in [-0.05, 0) is 24.1 Å². The fourth-order valence-electron chi connectivity index (χ4n) is 1.16. The minimum atomic E-state index is -0.193. The Hall–Kier alpha value is -1.16. The van der Waals surface area contributed by atoms with Crippen LogP contribution in [0.4, 0.5) is 5.69 Å². The van der Waals surface area contributed by atoms with Crippen LogP contribution in [0, 0.1) is 6.92 Å². The molecular formula is C11H15NO2S. The summed E-state index contributed by atoms with van der Waals surface area (Å²) in [4.78, 5) is 10.9. The molecule has 1 aromatic carbocycles. The smallest absolute Gasteiger partial charge is 0.315 e. The Morgan fingerprint density at radius 1 is 1.53 bits per heavy atom. The van der Waals surface area contributed by atoms with Crippen LogP contribution in [0.15, 0.2) is 18.2 Å². The van der Waals surface area contributed by atoms with Crippen molar-refractivity contribution in [3.63, 3.8) is 0 Å². The third kappa shape index (κ3) is 3.47. The van der Waals surface area contributed by atoms with Crippen molar-refractivity contribution in [3.8, 4) is 0 Å². The minimum absolute atomic E-state index is 0.193. The van der Waals surface area contributed by atoms with Gasteiger partial charge in [0.1, 0.15) is 0 Å². The summed E-state index contributed by atoms with van der Waals surface area (Å²) in [5, 5.41) is 0. The van der Waals surface area contributed by atoms with Crippen molar-refractivity contribution in [2.75, 3.05) is 18.6 Å². The molecule has 1 rings (SSSR count). The number of nitrogen functional groups attached to an aromatic ring is 1. The van der Waals surface area contributed by atoms with Gasteiger partial charge in [-0.25, -0.2) is 0 Å². The number of carbonyl (C=O) groups excluding carboxylic acids is 1. The van der Waals surface area contributed by atoms with Crippen molar-refractivity contribution in [1.82, 2.24) is 0 Å². The molecule has 3 nitrogen and oxygen atoms in total. The fourth-order valence-corrected chi connectivity index (χ4v) is 2.08. The summed E-state index contributed by atoms with van der Waals surface area (Å²) >= 11 is 1.53. The molecule has 82 valence electrons. The van der Waals surface area contributed by atoms with Gasteiger partial charge in [-0.3, -0.25) is 4.79 Å². The predicted octanol–water partition coefficient (Wildman–Crippen LogP) is 1.98. The van der Waals surface area contributed by atoms with Crippen LogP contribution in [0.2, 0.25) is 0 Å². The van der Waals surface area contributed by atoms with Crippen molar-refractivity contribution in [2.24, 2.45) is 0 Å². The van der Waals surface area contributed by atoms with Crippen molar-refractivity contribution in [1.29, 1.82) is 0 Å². The first-order valence-corrected chi connectivity index (χ1v) is 5.79. The van der Waals surface area contributed by atoms with E-state index >= 15 is 0 Å². The highest BCUT2D eigenvalue weighted by atomic mass is 32.2. The van der Waals surface area contributed by atoms with Crippen molar-refractivity contribution >= 4 is 23.4 Å². The molecule has 0 saturated heterocycles. The number of methoxy groups -OCH3 is 1. The van der Waals surface area contributed by atoms with Gasteiger partial charge in [0.25, 0.3) is 0 Å². The number of ether oxygens (including phenoxy) is 1. The molecule has 0 heterocycles. The topological polar surface area (TPSA) is 52.3 Å². The fraction of sp³-hybridized carbons (Fsp3) is 0.364. The monoisotopic (exact) mass is 225 g/mol. The van der Waals surface area contributed by atoms with Gasteiger partial charge in [-0.2, -0.15) is 0 Å². The first kappa shape index (κ1) is 11.9. The molecule has 1 aromatic rings. The zero-order chi connectivity index (χ0) is 11.3. The molecule has 15 heavy (non-hydrogen) atoms. The Balaban J connectivity index is 2.51. The quantitative estimate of drug-likeness (QED) is 0.629. The number of hydrogen-bond donors (Lipinski definition) is 1. The van der Waals surface area contributed by atoms with E-state index in [-0.39, 0.29) is 5.97 Å². The SMILES string of the molecule is COC(=O)CSCc1cccc(N)c1C. The molecule has 0 unspecified atom stereocenters. The maximum Gasteiger partial charge on any atom is 0.315 e. The summed E-state index contributed by atoms with van der Waals surface area (Å²) in [6.45, 7) is 1.99. The second kappa shape index (κ2) is 5.66. The lowest BCUT2D eigenvalue weighted by molar-refractivity contribution is -0.137. The normalized spacial score (nSPS) is 10.0. The van der Waals surface area contributed by atoms with Gasteiger partial charge in [-0.1, -0.05) is 12.1 Å². The zero-order valence-corrected chi connectivity index (χ0v) is 9.76. The van der Waals surface area contributed by atoms with E-state index in [0.29, 0.717) is 5.75 Å². The number of hydrogen-bond acceptors (Lipinski definition) is 4. The van der Waals surface area contributed by atoms with Crippen LogP contribution in [0.1, 0.15) is 11.1 Å². The largest absolute Gasteiger partial charge is 0.468 e. The Labute approximate surface area is 94.0 Å². The van der Waals surface area contributed by atoms with E-state index in [4.69, 9.17) is 5.73 Å². The Morgan fingerprint density at radius 2 is 2.27 bits per heavy atom. The second-order valence-corrected chi connectivity index (χ2v) is 4.19. The van der Waals surface area contributed by atoms with Crippen LogP contribution in [0.3, 0.4) is 0 Å². The van der Waals surface area contributed by atoms with Gasteiger partial charge in [0.2, 0.25) is 0 Å². The summed E-state index contributed by atoms with van der Waals surface area (Å²) in [6, 6.07) is 5.83. The molecule has 4 heteroatoms. The first-order valence-electron chi connectivity index (χ1n) is 4.63. The van der Waals surface area contributed by atoms with Crippen molar-refractivity contribution < 1.29 is 9.53 Å². The molecular weight excluding hydrogens is 210 g/mol. The molecule has 0 atom stereocenters. The van der Waals surface area contributed by atoms with Crippen molar-refractivity contribution in [2.45, 2.75) is 12.7 Å². The molecule has 0 aliphatic rings. The number of benzene rings is 1. The average Bonchev–Trinajstić information content (AvgIpc) is 2.24. The molecule has 0 bridgehead atoms. The summed E-state index contributed by atoms with van der Waals surface area (Å²) < 4.78 is 4.56. The maximum atomic E-state index is 10.9. The Bertz CT molecular complexity index is 352. The first-order chi connectivity index (χ1) is 7.15. The van der Waals surface area contributed by atoms with E-state index in [9.17, 15) is 4.79 Å². The van der Waals surface area contributed by atoms with Gasteiger partial charge >= 0.3 is 5.97 Å². The number of carbonyl (C=O) groups is 1. The van der Waals surface area contributed by atoms with Crippen LogP contribution in [0.5, 0.6) is 0 Å². The van der Waals surface area contributed by atoms with Crippen LogP contribution in [-0.4, -0.2) is 18.8 Å². The summed E-state index contributed by atoms with van der Waals surface area (Å²) in [7, 11) is 1.40. The molecule has 2 N–H and O–H groups in total. The van der Waals surface area contributed by atoms with E-state index in [0.717, 1.165) is 17.0 Å². The number of nitrogens with two attached hydrogens (primary N) is 1. The maximum absolute atomic E-state index is 10.9. The second-order valence-electron chi connectivity index (χ2n) is 3.20. The average molecular weight is 225 g/mol. The highest BCUT2D eigenvalue weighted by Gasteiger charge is 2.04. The molecule has 0 radical (unpaired) electrons. The van der Waals surface area contributed by atoms with Gasteiger partial charge in [0, 0.05) is 11.4 Å². The van der Waals surface area contributed by atoms with E-state index in [1.54, 1.807) is 0 Å². The van der Waals surface area contributed by atoms with E-state index in [2.05, 4.69) is 4.74 Å². The lowest BCUT2D eigenvalue weighted by atomic mass is 10.1.